The number of pyridine rings is 1. The van der Waals surface area contributed by atoms with Gasteiger partial charge in [0.25, 0.3) is 0 Å². The standard InChI is InChI=1S/C24H26N4O.C4H4O4/c1-18(16-27(2)3)17-29-21-12-7-11-20(15-21)28-24-22(13-8-14-25-24)23(26-28)19-9-5-4-6-10-19;5-3(6)1-2-4(7)8/h4-15,18H,16-17H2,1-3H3;1-2H,(H,5,6)(H,7,8)/p-2/b;2-1-. The Bertz CT molecular complexity index is 1350. The predicted molar refractivity (Wildman–Crippen MR) is 137 cm³/mol. The van der Waals surface area contributed by atoms with Crippen LogP contribution in [0.2, 0.25) is 0 Å². The number of aliphatic carboxylic acids is 2. The summed E-state index contributed by atoms with van der Waals surface area (Å²) in [6.07, 6.45) is 2.57. The van der Waals surface area contributed by atoms with Crippen molar-refractivity contribution in [1.29, 1.82) is 0 Å². The molecule has 4 rings (SSSR count). The van der Waals surface area contributed by atoms with Crippen LogP contribution in [0.15, 0.2) is 85.1 Å². The highest BCUT2D eigenvalue weighted by molar-refractivity contribution is 5.92. The highest BCUT2D eigenvalue weighted by Crippen LogP contribution is 2.29. The first-order valence-electron chi connectivity index (χ1n) is 11.6. The van der Waals surface area contributed by atoms with Crippen LogP contribution in [0.1, 0.15) is 6.92 Å². The van der Waals surface area contributed by atoms with E-state index in [0.29, 0.717) is 24.7 Å². The molecule has 9 nitrogen and oxygen atoms in total. The van der Waals surface area contributed by atoms with Gasteiger partial charge in [-0.2, -0.15) is 5.10 Å². The summed E-state index contributed by atoms with van der Waals surface area (Å²) in [6.45, 7) is 3.86. The number of rotatable bonds is 9. The average molecular weight is 501 g/mol. The number of fused-ring (bicyclic) bond motifs is 1. The molecule has 0 N–H and O–H groups in total. The highest BCUT2D eigenvalue weighted by Gasteiger charge is 2.14. The number of carbonyl (C=O) groups excluding carboxylic acids is 2. The zero-order valence-corrected chi connectivity index (χ0v) is 20.9. The monoisotopic (exact) mass is 500 g/mol. The highest BCUT2D eigenvalue weighted by atomic mass is 16.5. The summed E-state index contributed by atoms with van der Waals surface area (Å²) in [7, 11) is 4.16. The van der Waals surface area contributed by atoms with Gasteiger partial charge >= 0.3 is 0 Å². The van der Waals surface area contributed by atoms with Gasteiger partial charge in [-0.05, 0) is 50.5 Å². The summed E-state index contributed by atoms with van der Waals surface area (Å²) < 4.78 is 7.94. The molecule has 9 heteroatoms. The number of hydrogen-bond acceptors (Lipinski definition) is 8. The Hall–Kier alpha value is -4.50. The fourth-order valence-electron chi connectivity index (χ4n) is 3.70. The van der Waals surface area contributed by atoms with Crippen molar-refractivity contribution in [3.8, 4) is 22.7 Å². The molecule has 0 saturated heterocycles. The first-order chi connectivity index (χ1) is 17.7. The second-order valence-corrected chi connectivity index (χ2v) is 8.65. The van der Waals surface area contributed by atoms with E-state index in [1.54, 1.807) is 6.20 Å². The van der Waals surface area contributed by atoms with E-state index < -0.39 is 11.9 Å². The SMILES string of the molecule is CC(COc1cccc(-n2nc(-c3ccccc3)c3cccnc32)c1)CN(C)C.O=C([O-])/C=C\C(=O)[O-]. The molecule has 4 aromatic rings. The molecule has 192 valence electrons. The Balaban J connectivity index is 0.000000414. The quantitative estimate of drug-likeness (QED) is 0.318. The number of carboxylic acid groups (broad SMARTS) is 2. The third kappa shape index (κ3) is 8.01. The third-order valence-electron chi connectivity index (χ3n) is 5.12. The van der Waals surface area contributed by atoms with Crippen LogP contribution in [0.4, 0.5) is 0 Å². The second-order valence-electron chi connectivity index (χ2n) is 8.65. The van der Waals surface area contributed by atoms with Crippen molar-refractivity contribution in [3.63, 3.8) is 0 Å². The molecule has 1 unspecified atom stereocenters. The van der Waals surface area contributed by atoms with E-state index in [9.17, 15) is 19.8 Å². The molecule has 0 spiro atoms. The zero-order valence-electron chi connectivity index (χ0n) is 20.9. The van der Waals surface area contributed by atoms with E-state index in [4.69, 9.17) is 9.84 Å². The minimum atomic E-state index is -1.55. The minimum Gasteiger partial charge on any atom is -0.545 e. The van der Waals surface area contributed by atoms with Crippen LogP contribution < -0.4 is 14.9 Å². The smallest absolute Gasteiger partial charge is 0.163 e. The lowest BCUT2D eigenvalue weighted by molar-refractivity contribution is -0.301. The molecule has 37 heavy (non-hydrogen) atoms. The maximum absolute atomic E-state index is 9.41. The molecule has 0 aliphatic heterocycles. The number of ether oxygens (including phenoxy) is 1. The van der Waals surface area contributed by atoms with E-state index >= 15 is 0 Å². The van der Waals surface area contributed by atoms with Gasteiger partial charge in [0.15, 0.2) is 5.65 Å². The van der Waals surface area contributed by atoms with E-state index in [-0.39, 0.29) is 0 Å². The molecule has 0 amide bonds. The van der Waals surface area contributed by atoms with Crippen LogP contribution in [0.3, 0.4) is 0 Å². The summed E-state index contributed by atoms with van der Waals surface area (Å²) >= 11 is 0. The molecule has 2 aromatic carbocycles. The van der Waals surface area contributed by atoms with Crippen LogP contribution in [-0.4, -0.2) is 58.8 Å². The molecule has 2 aromatic heterocycles. The molecule has 1 atom stereocenters. The number of aromatic nitrogens is 3. The number of hydrogen-bond donors (Lipinski definition) is 0. The van der Waals surface area contributed by atoms with E-state index in [0.717, 1.165) is 40.3 Å². The molecule has 0 aliphatic rings. The normalized spacial score (nSPS) is 11.8. The Kier molecular flexibility index (Phi) is 9.51. The second kappa shape index (κ2) is 13.0. The van der Waals surface area contributed by atoms with Gasteiger partial charge in [-0.1, -0.05) is 43.3 Å². The predicted octanol–water partition coefficient (Wildman–Crippen LogP) is 1.71. The van der Waals surface area contributed by atoms with Crippen LogP contribution in [0.25, 0.3) is 28.0 Å². The van der Waals surface area contributed by atoms with Gasteiger partial charge in [-0.3, -0.25) is 0 Å². The molecule has 0 saturated carbocycles. The number of carbonyl (C=O) groups is 2. The van der Waals surface area contributed by atoms with Crippen LogP contribution in [0.5, 0.6) is 5.75 Å². The summed E-state index contributed by atoms with van der Waals surface area (Å²) in [5.41, 5.74) is 3.78. The number of benzene rings is 2. The fraction of sp³-hybridized carbons (Fsp3) is 0.214. The number of nitrogens with zero attached hydrogens (tertiary/aromatic N) is 4. The maximum atomic E-state index is 9.41. The largest absolute Gasteiger partial charge is 0.545 e. The lowest BCUT2D eigenvalue weighted by Crippen LogP contribution is -2.24. The average Bonchev–Trinajstić information content (AvgIpc) is 3.27. The minimum absolute atomic E-state index is 0.384. The topological polar surface area (TPSA) is 123 Å². The van der Waals surface area contributed by atoms with Gasteiger partial charge < -0.3 is 29.4 Å². The third-order valence-corrected chi connectivity index (χ3v) is 5.12. The molecular weight excluding hydrogens is 472 g/mol. The first kappa shape index (κ1) is 27.1. The molecule has 0 aliphatic carbocycles. The van der Waals surface area contributed by atoms with Crippen LogP contribution in [-0.2, 0) is 9.59 Å². The molecular formula is C28H28N4O5-2. The lowest BCUT2D eigenvalue weighted by atomic mass is 10.1. The van der Waals surface area contributed by atoms with Gasteiger partial charge in [0.2, 0.25) is 0 Å². The van der Waals surface area contributed by atoms with Crippen molar-refractivity contribution in [2.75, 3.05) is 27.2 Å². The fourth-order valence-corrected chi connectivity index (χ4v) is 3.70. The molecule has 0 bridgehead atoms. The molecule has 0 fully saturated rings. The van der Waals surface area contributed by atoms with Crippen LogP contribution in [0, 0.1) is 5.92 Å². The van der Waals surface area contributed by atoms with Gasteiger partial charge in [0.1, 0.15) is 11.4 Å². The Morgan fingerprint density at radius 1 is 1.00 bits per heavy atom. The van der Waals surface area contributed by atoms with Crippen molar-refractivity contribution >= 4 is 23.0 Å². The van der Waals surface area contributed by atoms with Crippen molar-refractivity contribution in [1.82, 2.24) is 19.7 Å². The Labute approximate surface area is 215 Å². The van der Waals surface area contributed by atoms with Gasteiger partial charge in [0.05, 0.1) is 24.2 Å². The van der Waals surface area contributed by atoms with Gasteiger partial charge in [-0.25, -0.2) is 9.67 Å². The van der Waals surface area contributed by atoms with Crippen LogP contribution >= 0.6 is 0 Å². The first-order valence-corrected chi connectivity index (χ1v) is 11.6. The van der Waals surface area contributed by atoms with Crippen molar-refractivity contribution in [2.45, 2.75) is 6.92 Å². The Morgan fingerprint density at radius 3 is 2.35 bits per heavy atom. The Morgan fingerprint density at radius 2 is 1.70 bits per heavy atom. The van der Waals surface area contributed by atoms with E-state index in [1.165, 1.54) is 0 Å². The van der Waals surface area contributed by atoms with Crippen molar-refractivity contribution in [2.24, 2.45) is 5.92 Å². The number of carboxylic acids is 2. The van der Waals surface area contributed by atoms with E-state index in [2.05, 4.69) is 49.1 Å². The lowest BCUT2D eigenvalue weighted by Gasteiger charge is -2.17. The summed E-state index contributed by atoms with van der Waals surface area (Å²) in [4.78, 5) is 25.6. The van der Waals surface area contributed by atoms with Gasteiger partial charge in [-0.15, -0.1) is 0 Å². The maximum Gasteiger partial charge on any atom is 0.163 e. The van der Waals surface area contributed by atoms with Crippen molar-refractivity contribution < 1.29 is 24.5 Å². The van der Waals surface area contributed by atoms with E-state index in [1.807, 2.05) is 53.2 Å². The zero-order chi connectivity index (χ0) is 26.8. The van der Waals surface area contributed by atoms with Crippen molar-refractivity contribution in [3.05, 3.63) is 85.1 Å². The molecule has 0 radical (unpaired) electrons. The summed E-state index contributed by atoms with van der Waals surface area (Å²) in [6, 6.07) is 22.3. The van der Waals surface area contributed by atoms with Gasteiger partial charge in [0, 0.05) is 35.7 Å². The summed E-state index contributed by atoms with van der Waals surface area (Å²) in [5.74, 6) is -1.80. The summed E-state index contributed by atoms with van der Waals surface area (Å²) in [5, 5.41) is 24.8. The molecule has 2 heterocycles.